The van der Waals surface area contributed by atoms with Crippen LogP contribution < -0.4 is 14.9 Å². The van der Waals surface area contributed by atoms with Gasteiger partial charge in [0.25, 0.3) is 0 Å². The molecule has 4 aromatic carbocycles. The Kier molecular flexibility index (Phi) is 14.2. The van der Waals surface area contributed by atoms with Crippen LogP contribution in [-0.4, -0.2) is 42.6 Å². The summed E-state index contributed by atoms with van der Waals surface area (Å²) in [6, 6.07) is 33.5. The maximum atomic E-state index is 14.3. The minimum atomic E-state index is -2.00. The Bertz CT molecular complexity index is 2540. The van der Waals surface area contributed by atoms with Crippen LogP contribution in [0.2, 0.25) is 23.3 Å². The van der Waals surface area contributed by atoms with E-state index in [1.807, 2.05) is 91.0 Å². The van der Waals surface area contributed by atoms with Crippen LogP contribution in [0, 0.1) is 6.92 Å². The van der Waals surface area contributed by atoms with E-state index in [1.54, 1.807) is 0 Å². The van der Waals surface area contributed by atoms with Crippen LogP contribution in [0.4, 0.5) is 0 Å². The topological polar surface area (TPSA) is 101 Å². The molecule has 1 N–H and O–H groups in total. The predicted octanol–water partition coefficient (Wildman–Crippen LogP) is 12.0. The monoisotopic (exact) mass is 900 g/mol. The first-order valence-electron chi connectivity index (χ1n) is 22.2. The van der Waals surface area contributed by atoms with Gasteiger partial charge in [0.1, 0.15) is 30.7 Å². The van der Waals surface area contributed by atoms with E-state index in [0.717, 1.165) is 49.9 Å². The zero-order valence-corrected chi connectivity index (χ0v) is 40.8. The van der Waals surface area contributed by atoms with E-state index < -0.39 is 32.6 Å². The van der Waals surface area contributed by atoms with Crippen molar-refractivity contribution in [1.29, 1.82) is 0 Å². The number of pyridine rings is 1. The Morgan fingerprint density at radius 3 is 1.89 bits per heavy atom. The molecular weight excluding hydrogens is 839 g/mol. The summed E-state index contributed by atoms with van der Waals surface area (Å²) in [5, 5.41) is 1.41. The number of rotatable bonds is 17. The number of benzene rings is 4. The molecular formula is C52H62BClN2O7Si. The van der Waals surface area contributed by atoms with E-state index in [9.17, 15) is 4.79 Å². The van der Waals surface area contributed by atoms with E-state index in [4.69, 9.17) is 44.5 Å². The van der Waals surface area contributed by atoms with Crippen LogP contribution in [0.1, 0.15) is 104 Å². The minimum Gasteiger partial charge on any atom is -0.487 e. The van der Waals surface area contributed by atoms with Gasteiger partial charge in [0.05, 0.1) is 17.8 Å². The van der Waals surface area contributed by atoms with Crippen LogP contribution in [0.15, 0.2) is 103 Å². The van der Waals surface area contributed by atoms with Crippen LogP contribution in [0.3, 0.4) is 0 Å². The van der Waals surface area contributed by atoms with Crippen molar-refractivity contribution in [2.75, 3.05) is 0 Å². The molecule has 0 bridgehead atoms. The highest BCUT2D eigenvalue weighted by Crippen LogP contribution is 2.41. The molecule has 0 spiro atoms. The molecule has 0 atom stereocenters. The molecule has 1 fully saturated rings. The molecule has 0 aliphatic carbocycles. The Labute approximate surface area is 385 Å². The van der Waals surface area contributed by atoms with Crippen molar-refractivity contribution in [1.82, 2.24) is 9.97 Å². The number of aromatic nitrogens is 2. The van der Waals surface area contributed by atoms with Crippen molar-refractivity contribution in [2.45, 2.75) is 130 Å². The number of aromatic amines is 1. The van der Waals surface area contributed by atoms with Crippen molar-refractivity contribution in [3.63, 3.8) is 0 Å². The number of H-pyrrole nitrogens is 1. The minimum absolute atomic E-state index is 0.0449. The zero-order chi connectivity index (χ0) is 45.9. The molecule has 12 heteroatoms. The van der Waals surface area contributed by atoms with Gasteiger partial charge in [0.15, 0.2) is 13.9 Å². The van der Waals surface area contributed by atoms with Crippen LogP contribution >= 0.6 is 11.6 Å². The Morgan fingerprint density at radius 2 is 1.33 bits per heavy atom. The van der Waals surface area contributed by atoms with Crippen molar-refractivity contribution in [3.8, 4) is 11.6 Å². The number of carbonyl (C=O) groups excluding carboxylic acids is 1. The van der Waals surface area contributed by atoms with E-state index in [0.29, 0.717) is 37.2 Å². The molecule has 0 amide bonds. The lowest BCUT2D eigenvalue weighted by molar-refractivity contribution is 0.00578. The van der Waals surface area contributed by atoms with Crippen LogP contribution in [0.25, 0.3) is 10.9 Å². The average molecular weight is 901 g/mol. The molecule has 0 unspecified atom stereocenters. The number of esters is 1. The Hall–Kier alpha value is -4.91. The van der Waals surface area contributed by atoms with E-state index in [2.05, 4.69) is 85.6 Å². The van der Waals surface area contributed by atoms with Gasteiger partial charge in [-0.05, 0) is 117 Å². The molecule has 64 heavy (non-hydrogen) atoms. The van der Waals surface area contributed by atoms with Crippen LogP contribution in [0.5, 0.6) is 11.6 Å². The number of hydrogen-bond donors (Lipinski definition) is 1. The highest BCUT2D eigenvalue weighted by atomic mass is 35.5. The fourth-order valence-electron chi connectivity index (χ4n) is 7.43. The summed E-state index contributed by atoms with van der Waals surface area (Å²) < 4.78 is 38.9. The molecule has 6 aromatic rings. The van der Waals surface area contributed by atoms with E-state index >= 15 is 0 Å². The van der Waals surface area contributed by atoms with Crippen LogP contribution in [-0.2, 0) is 57.7 Å². The number of aryl methyl sites for hydroxylation is 2. The van der Waals surface area contributed by atoms with E-state index in [1.165, 1.54) is 0 Å². The third-order valence-electron chi connectivity index (χ3n) is 13.2. The first-order valence-corrected chi connectivity index (χ1v) is 25.5. The van der Waals surface area contributed by atoms with Gasteiger partial charge in [0, 0.05) is 22.2 Å². The molecule has 2 aromatic heterocycles. The summed E-state index contributed by atoms with van der Waals surface area (Å²) in [4.78, 5) is 22.8. The van der Waals surface area contributed by atoms with Gasteiger partial charge in [-0.2, -0.15) is 0 Å². The molecule has 0 saturated carbocycles. The standard InChI is InChI=1S/C52H62BClN2O7Si/c1-35-41-29-39(42(53-62-51(5,6)52(7,8)63-53)30-43(41)55-44(35)34-61-64(9,10)50(2,3)4)27-20-28-40-46(58-31-36-21-14-11-15-22-36)45(49(57)60-33-38-25-18-13-19-26-38)48(56-47(40)54)59-32-37-23-16-12-17-24-37/h11-19,21-26,29-30,55H,20,27-28,31-34H2,1-10H3. The molecule has 1 aliphatic heterocycles. The molecule has 7 rings (SSSR count). The highest BCUT2D eigenvalue weighted by Gasteiger charge is 2.52. The number of nitrogens with one attached hydrogen (secondary N) is 1. The quantitative estimate of drug-likeness (QED) is 0.0549. The number of hydrogen-bond acceptors (Lipinski definition) is 8. The molecule has 9 nitrogen and oxygen atoms in total. The lowest BCUT2D eigenvalue weighted by Crippen LogP contribution is -2.41. The van der Waals surface area contributed by atoms with Gasteiger partial charge in [-0.3, -0.25) is 0 Å². The van der Waals surface area contributed by atoms with Gasteiger partial charge < -0.3 is 32.9 Å². The number of nitrogens with zero attached hydrogens (tertiary/aromatic N) is 1. The normalized spacial score (nSPS) is 14.8. The van der Waals surface area contributed by atoms with E-state index in [-0.39, 0.29) is 41.5 Å². The largest absolute Gasteiger partial charge is 0.495 e. The maximum Gasteiger partial charge on any atom is 0.495 e. The van der Waals surface area contributed by atoms with Crippen molar-refractivity contribution in [3.05, 3.63) is 153 Å². The summed E-state index contributed by atoms with van der Waals surface area (Å²) in [6.45, 7) is 22.7. The van der Waals surface area contributed by atoms with Gasteiger partial charge in [0.2, 0.25) is 5.88 Å². The average Bonchev–Trinajstić information content (AvgIpc) is 3.69. The molecule has 1 aliphatic rings. The SMILES string of the molecule is Cc1c(CO[Si](C)(C)C(C)(C)C)[nH]c2cc(B3OC(C)(C)C(C)(C)O3)c(CCCc3c(Cl)nc(OCc4ccccc4)c(C(=O)OCc4ccccc4)c3OCc3ccccc3)cc12. The molecule has 336 valence electrons. The summed E-state index contributed by atoms with van der Waals surface area (Å²) in [5.41, 5.74) is 7.59. The zero-order valence-electron chi connectivity index (χ0n) is 39.0. The van der Waals surface area contributed by atoms with Gasteiger partial charge in [-0.15, -0.1) is 0 Å². The van der Waals surface area contributed by atoms with Crippen molar-refractivity contribution in [2.24, 2.45) is 0 Å². The summed E-state index contributed by atoms with van der Waals surface area (Å²) in [5.74, 6) is -0.284. The Balaban J connectivity index is 1.25. The van der Waals surface area contributed by atoms with Gasteiger partial charge in [-0.25, -0.2) is 9.78 Å². The number of carbonyl (C=O) groups is 1. The number of fused-ring (bicyclic) bond motifs is 1. The fourth-order valence-corrected chi connectivity index (χ4v) is 8.63. The van der Waals surface area contributed by atoms with Gasteiger partial charge >= 0.3 is 13.1 Å². The smallest absolute Gasteiger partial charge is 0.487 e. The number of halogens is 1. The summed E-state index contributed by atoms with van der Waals surface area (Å²) in [7, 11) is -2.58. The summed E-state index contributed by atoms with van der Waals surface area (Å²) in [6.07, 6.45) is 1.71. The van der Waals surface area contributed by atoms with Crippen molar-refractivity contribution >= 4 is 49.4 Å². The molecule has 0 radical (unpaired) electrons. The predicted molar refractivity (Wildman–Crippen MR) is 259 cm³/mol. The third-order valence-corrected chi connectivity index (χ3v) is 18.0. The second-order valence-corrected chi connectivity index (χ2v) is 24.5. The lowest BCUT2D eigenvalue weighted by Gasteiger charge is -2.36. The van der Waals surface area contributed by atoms with Gasteiger partial charge in [-0.1, -0.05) is 123 Å². The Morgan fingerprint density at radius 1 is 0.781 bits per heavy atom. The second-order valence-electron chi connectivity index (χ2n) is 19.3. The molecule has 1 saturated heterocycles. The third kappa shape index (κ3) is 10.6. The van der Waals surface area contributed by atoms with Crippen molar-refractivity contribution < 1.29 is 32.7 Å². The summed E-state index contributed by atoms with van der Waals surface area (Å²) >= 11 is 7.14. The fraction of sp³-hybridized carbons (Fsp3) is 0.385. The number of ether oxygens (including phenoxy) is 3. The lowest BCUT2D eigenvalue weighted by atomic mass is 9.74. The second kappa shape index (κ2) is 19.3. The maximum absolute atomic E-state index is 14.3. The molecule has 3 heterocycles. The first kappa shape index (κ1) is 47.1. The first-order chi connectivity index (χ1) is 30.3. The highest BCUT2D eigenvalue weighted by molar-refractivity contribution is 6.74.